The van der Waals surface area contributed by atoms with Crippen molar-refractivity contribution in [3.63, 3.8) is 0 Å². The van der Waals surface area contributed by atoms with E-state index in [1.165, 1.54) is 0 Å². The summed E-state index contributed by atoms with van der Waals surface area (Å²) in [5.74, 6) is 2.59. The van der Waals surface area contributed by atoms with Crippen LogP contribution in [-0.4, -0.2) is 71.9 Å². The molecule has 0 saturated carbocycles. The Bertz CT molecular complexity index is 342. The SMILES string of the molecule is C#CCOCCOCCOCCOCCOCCC(=O)C(C)(C)C. The van der Waals surface area contributed by atoms with E-state index in [0.717, 1.165) is 0 Å². The van der Waals surface area contributed by atoms with Crippen molar-refractivity contribution in [2.45, 2.75) is 27.2 Å². The molecule has 0 spiro atoms. The molecule has 0 aliphatic carbocycles. The fraction of sp³-hybridized carbons (Fsp3) is 0.833. The molecule has 0 aliphatic heterocycles. The zero-order valence-corrected chi connectivity index (χ0v) is 15.3. The highest BCUT2D eigenvalue weighted by molar-refractivity contribution is 5.83. The number of ketones is 1. The molecule has 0 aromatic carbocycles. The second-order valence-corrected chi connectivity index (χ2v) is 6.13. The molecule has 0 radical (unpaired) electrons. The standard InChI is InChI=1S/C18H32O6/c1-5-7-20-9-11-22-13-15-24-16-14-23-12-10-21-8-6-17(19)18(2,3)4/h1H,6-16H2,2-4H3. The lowest BCUT2D eigenvalue weighted by atomic mass is 9.89. The van der Waals surface area contributed by atoms with Crippen LogP contribution < -0.4 is 0 Å². The molecule has 0 rings (SSSR count). The number of rotatable bonds is 16. The number of terminal acetylenes is 1. The normalized spacial score (nSPS) is 11.4. The number of hydrogen-bond donors (Lipinski definition) is 0. The van der Waals surface area contributed by atoms with Gasteiger partial charge >= 0.3 is 0 Å². The second-order valence-electron chi connectivity index (χ2n) is 6.13. The summed E-state index contributed by atoms with van der Waals surface area (Å²) in [6, 6.07) is 0. The van der Waals surface area contributed by atoms with Crippen LogP contribution in [0.4, 0.5) is 0 Å². The molecule has 6 heteroatoms. The zero-order valence-electron chi connectivity index (χ0n) is 15.3. The molecule has 0 aromatic rings. The third kappa shape index (κ3) is 15.9. The van der Waals surface area contributed by atoms with E-state index in [1.807, 2.05) is 20.8 Å². The minimum atomic E-state index is -0.296. The van der Waals surface area contributed by atoms with Gasteiger partial charge in [-0.05, 0) is 0 Å². The predicted octanol–water partition coefficient (Wildman–Crippen LogP) is 1.71. The maximum Gasteiger partial charge on any atom is 0.140 e. The number of ether oxygens (including phenoxy) is 5. The molecule has 6 nitrogen and oxygen atoms in total. The van der Waals surface area contributed by atoms with Crippen LogP contribution in [-0.2, 0) is 28.5 Å². The minimum absolute atomic E-state index is 0.210. The van der Waals surface area contributed by atoms with Gasteiger partial charge in [0.15, 0.2) is 0 Å². The average Bonchev–Trinajstić information content (AvgIpc) is 2.53. The van der Waals surface area contributed by atoms with Gasteiger partial charge in [0, 0.05) is 11.8 Å². The summed E-state index contributed by atoms with van der Waals surface area (Å²) in [5.41, 5.74) is -0.296. The molecule has 0 fully saturated rings. The quantitative estimate of drug-likeness (QED) is 0.314. The minimum Gasteiger partial charge on any atom is -0.379 e. The number of hydrogen-bond acceptors (Lipinski definition) is 6. The third-order valence-electron chi connectivity index (χ3n) is 2.98. The van der Waals surface area contributed by atoms with E-state index in [4.69, 9.17) is 30.1 Å². The van der Waals surface area contributed by atoms with Crippen LogP contribution in [0.1, 0.15) is 27.2 Å². The average molecular weight is 344 g/mol. The van der Waals surface area contributed by atoms with E-state index in [-0.39, 0.29) is 11.2 Å². The van der Waals surface area contributed by atoms with E-state index < -0.39 is 0 Å². The van der Waals surface area contributed by atoms with E-state index in [2.05, 4.69) is 5.92 Å². The first-order chi connectivity index (χ1) is 11.5. The van der Waals surface area contributed by atoms with Gasteiger partial charge in [0.05, 0.1) is 59.5 Å². The summed E-state index contributed by atoms with van der Waals surface area (Å²) >= 11 is 0. The van der Waals surface area contributed by atoms with Gasteiger partial charge < -0.3 is 23.7 Å². The van der Waals surface area contributed by atoms with Gasteiger partial charge in [-0.15, -0.1) is 6.42 Å². The van der Waals surface area contributed by atoms with Gasteiger partial charge in [0.25, 0.3) is 0 Å². The van der Waals surface area contributed by atoms with Crippen molar-refractivity contribution >= 4 is 5.78 Å². The fourth-order valence-electron chi connectivity index (χ4n) is 1.55. The number of carbonyl (C=O) groups is 1. The second kappa shape index (κ2) is 15.6. The largest absolute Gasteiger partial charge is 0.379 e. The highest BCUT2D eigenvalue weighted by Crippen LogP contribution is 2.16. The fourth-order valence-corrected chi connectivity index (χ4v) is 1.55. The van der Waals surface area contributed by atoms with Crippen LogP contribution in [0.2, 0.25) is 0 Å². The Kier molecular flexibility index (Phi) is 14.9. The van der Waals surface area contributed by atoms with E-state index in [9.17, 15) is 4.79 Å². The van der Waals surface area contributed by atoms with Crippen molar-refractivity contribution in [1.82, 2.24) is 0 Å². The molecule has 140 valence electrons. The molecule has 0 unspecified atom stereocenters. The zero-order chi connectivity index (χ0) is 18.1. The van der Waals surface area contributed by atoms with Gasteiger partial charge in [-0.25, -0.2) is 0 Å². The molecule has 0 amide bonds. The summed E-state index contributed by atoms with van der Waals surface area (Å²) in [6.45, 7) is 10.5. The Morgan fingerprint density at radius 2 is 1.12 bits per heavy atom. The highest BCUT2D eigenvalue weighted by Gasteiger charge is 2.20. The lowest BCUT2D eigenvalue weighted by Crippen LogP contribution is -2.22. The third-order valence-corrected chi connectivity index (χ3v) is 2.98. The van der Waals surface area contributed by atoms with Crippen molar-refractivity contribution in [3.05, 3.63) is 0 Å². The molecule has 0 bridgehead atoms. The van der Waals surface area contributed by atoms with Gasteiger partial charge in [0.1, 0.15) is 12.4 Å². The Morgan fingerprint density at radius 1 is 0.750 bits per heavy atom. The van der Waals surface area contributed by atoms with Crippen LogP contribution in [0.3, 0.4) is 0 Å². The maximum atomic E-state index is 11.7. The Morgan fingerprint density at radius 3 is 1.50 bits per heavy atom. The Hall–Kier alpha value is -0.970. The monoisotopic (exact) mass is 344 g/mol. The van der Waals surface area contributed by atoms with E-state index in [1.54, 1.807) is 0 Å². The van der Waals surface area contributed by atoms with Crippen LogP contribution in [0, 0.1) is 17.8 Å². The lowest BCUT2D eigenvalue weighted by molar-refractivity contribution is -0.127. The van der Waals surface area contributed by atoms with Gasteiger partial charge in [-0.3, -0.25) is 4.79 Å². The first-order valence-electron chi connectivity index (χ1n) is 8.34. The first-order valence-corrected chi connectivity index (χ1v) is 8.34. The molecule has 0 heterocycles. The van der Waals surface area contributed by atoms with Crippen molar-refractivity contribution in [1.29, 1.82) is 0 Å². The van der Waals surface area contributed by atoms with Crippen molar-refractivity contribution in [2.75, 3.05) is 66.1 Å². The van der Waals surface area contributed by atoms with Crippen LogP contribution in [0.5, 0.6) is 0 Å². The predicted molar refractivity (Wildman–Crippen MR) is 92.0 cm³/mol. The summed E-state index contributed by atoms with van der Waals surface area (Å²) in [6.07, 6.45) is 5.49. The van der Waals surface area contributed by atoms with E-state index >= 15 is 0 Å². The van der Waals surface area contributed by atoms with Crippen LogP contribution in [0.25, 0.3) is 0 Å². The number of carbonyl (C=O) groups excluding carboxylic acids is 1. The topological polar surface area (TPSA) is 63.2 Å². The smallest absolute Gasteiger partial charge is 0.140 e. The molecule has 0 N–H and O–H groups in total. The lowest BCUT2D eigenvalue weighted by Gasteiger charge is -2.16. The number of Topliss-reactive ketones (excluding diaryl/α,β-unsaturated/α-hetero) is 1. The molecular formula is C18H32O6. The van der Waals surface area contributed by atoms with Crippen LogP contribution in [0.15, 0.2) is 0 Å². The summed E-state index contributed by atoms with van der Waals surface area (Å²) in [7, 11) is 0. The molecule has 24 heavy (non-hydrogen) atoms. The summed E-state index contributed by atoms with van der Waals surface area (Å²) in [5, 5.41) is 0. The molecular weight excluding hydrogens is 312 g/mol. The molecule has 0 aliphatic rings. The highest BCUT2D eigenvalue weighted by atomic mass is 16.6. The van der Waals surface area contributed by atoms with Crippen molar-refractivity contribution in [2.24, 2.45) is 5.41 Å². The van der Waals surface area contributed by atoms with Gasteiger partial charge in [0.2, 0.25) is 0 Å². The first kappa shape index (κ1) is 23.0. The van der Waals surface area contributed by atoms with Gasteiger partial charge in [-0.2, -0.15) is 0 Å². The summed E-state index contributed by atoms with van der Waals surface area (Å²) < 4.78 is 26.4. The maximum absolute atomic E-state index is 11.7. The molecule has 0 saturated heterocycles. The Labute approximate surface area is 146 Å². The van der Waals surface area contributed by atoms with Crippen molar-refractivity contribution in [3.8, 4) is 12.3 Å². The Balaban J connectivity index is 3.13. The van der Waals surface area contributed by atoms with Gasteiger partial charge in [-0.1, -0.05) is 26.7 Å². The summed E-state index contributed by atoms with van der Waals surface area (Å²) in [4.78, 5) is 11.7. The van der Waals surface area contributed by atoms with Crippen LogP contribution >= 0.6 is 0 Å². The molecule has 0 atom stereocenters. The van der Waals surface area contributed by atoms with Crippen molar-refractivity contribution < 1.29 is 28.5 Å². The van der Waals surface area contributed by atoms with E-state index in [0.29, 0.717) is 72.5 Å². The molecule has 0 aromatic heterocycles.